The third kappa shape index (κ3) is 5.28. The van der Waals surface area contributed by atoms with E-state index in [2.05, 4.69) is 13.0 Å². The van der Waals surface area contributed by atoms with Crippen molar-refractivity contribution in [3.63, 3.8) is 0 Å². The van der Waals surface area contributed by atoms with E-state index in [0.29, 0.717) is 29.5 Å². The molecule has 188 valence electrons. The van der Waals surface area contributed by atoms with Gasteiger partial charge in [-0.1, -0.05) is 29.5 Å². The van der Waals surface area contributed by atoms with E-state index in [9.17, 15) is 13.2 Å². The summed E-state index contributed by atoms with van der Waals surface area (Å²) in [7, 11) is 1.66. The van der Waals surface area contributed by atoms with E-state index in [4.69, 9.17) is 4.98 Å². The third-order valence-corrected chi connectivity index (χ3v) is 8.96. The predicted octanol–water partition coefficient (Wildman–Crippen LogP) is 4.95. The van der Waals surface area contributed by atoms with Gasteiger partial charge in [-0.25, -0.2) is 13.4 Å². The zero-order valence-corrected chi connectivity index (χ0v) is 22.7. The van der Waals surface area contributed by atoms with Crippen molar-refractivity contribution in [3.8, 4) is 0 Å². The lowest BCUT2D eigenvalue weighted by Gasteiger charge is -2.22. The fourth-order valence-electron chi connectivity index (χ4n) is 3.73. The molecule has 0 atom stereocenters. The standard InChI is InChI=1S/C27H30N4O3S2/c1-19-17-24-25(18-20(19)2)35-27(28-24)31(16-15-29(3)4)26(32)21-11-13-23(14-12-21)36(33,34)30(5)22-9-7-6-8-10-22/h6-14,17-18H,15-16H2,1-5H3. The average molecular weight is 523 g/mol. The number of anilines is 2. The van der Waals surface area contributed by atoms with Crippen LogP contribution in [0, 0.1) is 13.8 Å². The zero-order chi connectivity index (χ0) is 26.0. The second-order valence-corrected chi connectivity index (χ2v) is 12.0. The number of hydrogen-bond acceptors (Lipinski definition) is 6. The second kappa shape index (κ2) is 10.4. The molecule has 4 aromatic rings. The van der Waals surface area contributed by atoms with E-state index in [1.54, 1.807) is 41.3 Å². The molecule has 0 bridgehead atoms. The van der Waals surface area contributed by atoms with Gasteiger partial charge < -0.3 is 4.90 Å². The predicted molar refractivity (Wildman–Crippen MR) is 148 cm³/mol. The lowest BCUT2D eigenvalue weighted by molar-refractivity contribution is 0.0985. The number of aromatic nitrogens is 1. The fourth-order valence-corrected chi connectivity index (χ4v) is 5.99. The van der Waals surface area contributed by atoms with Crippen LogP contribution in [0.1, 0.15) is 21.5 Å². The Balaban J connectivity index is 1.64. The van der Waals surface area contributed by atoms with Gasteiger partial charge in [0, 0.05) is 25.7 Å². The van der Waals surface area contributed by atoms with Crippen molar-refractivity contribution in [2.45, 2.75) is 18.7 Å². The number of aryl methyl sites for hydroxylation is 2. The Morgan fingerprint density at radius 3 is 2.17 bits per heavy atom. The van der Waals surface area contributed by atoms with Crippen LogP contribution in [0.2, 0.25) is 0 Å². The second-order valence-electron chi connectivity index (χ2n) is 8.99. The average Bonchev–Trinajstić information content (AvgIpc) is 3.26. The SMILES string of the molecule is Cc1cc2nc(N(CCN(C)C)C(=O)c3ccc(S(=O)(=O)N(C)c4ccccc4)cc3)sc2cc1C. The van der Waals surface area contributed by atoms with Gasteiger partial charge in [0.2, 0.25) is 0 Å². The molecule has 0 unspecified atom stereocenters. The maximum atomic E-state index is 13.6. The number of benzene rings is 3. The zero-order valence-electron chi connectivity index (χ0n) is 21.1. The van der Waals surface area contributed by atoms with Gasteiger partial charge in [-0.3, -0.25) is 14.0 Å². The van der Waals surface area contributed by atoms with Gasteiger partial charge in [0.1, 0.15) is 0 Å². The number of thiazole rings is 1. The largest absolute Gasteiger partial charge is 0.308 e. The first-order valence-electron chi connectivity index (χ1n) is 11.6. The molecule has 1 amide bonds. The number of likely N-dealkylation sites (N-methyl/N-ethyl adjacent to an activating group) is 1. The maximum absolute atomic E-state index is 13.6. The molecule has 9 heteroatoms. The van der Waals surface area contributed by atoms with Crippen molar-refractivity contribution in [1.29, 1.82) is 0 Å². The number of carbonyl (C=O) groups is 1. The van der Waals surface area contributed by atoms with Crippen LogP contribution < -0.4 is 9.21 Å². The van der Waals surface area contributed by atoms with Gasteiger partial charge in [0.05, 0.1) is 20.8 Å². The molecule has 36 heavy (non-hydrogen) atoms. The highest BCUT2D eigenvalue weighted by Gasteiger charge is 2.24. The van der Waals surface area contributed by atoms with Gasteiger partial charge in [-0.05, 0) is 87.6 Å². The number of rotatable bonds is 8. The highest BCUT2D eigenvalue weighted by atomic mass is 32.2. The van der Waals surface area contributed by atoms with Gasteiger partial charge in [-0.2, -0.15) is 0 Å². The molecular weight excluding hydrogens is 492 g/mol. The first-order chi connectivity index (χ1) is 17.1. The summed E-state index contributed by atoms with van der Waals surface area (Å²) >= 11 is 1.48. The fraction of sp³-hybridized carbons (Fsp3) is 0.259. The van der Waals surface area contributed by atoms with Crippen LogP contribution in [-0.4, -0.2) is 58.4 Å². The van der Waals surface area contributed by atoms with Crippen molar-refractivity contribution in [1.82, 2.24) is 9.88 Å². The Kier molecular flexibility index (Phi) is 7.44. The first kappa shape index (κ1) is 25.8. The maximum Gasteiger partial charge on any atom is 0.264 e. The summed E-state index contributed by atoms with van der Waals surface area (Å²) in [5.41, 5.74) is 4.17. The number of hydrogen-bond donors (Lipinski definition) is 0. The number of sulfonamides is 1. The van der Waals surface area contributed by atoms with Crippen LogP contribution in [-0.2, 0) is 10.0 Å². The Bertz CT molecular complexity index is 1440. The topological polar surface area (TPSA) is 73.8 Å². The highest BCUT2D eigenvalue weighted by Crippen LogP contribution is 2.32. The minimum absolute atomic E-state index is 0.121. The Morgan fingerprint density at radius 1 is 0.889 bits per heavy atom. The molecule has 0 fully saturated rings. The minimum atomic E-state index is -3.76. The van der Waals surface area contributed by atoms with Crippen molar-refractivity contribution >= 4 is 48.3 Å². The van der Waals surface area contributed by atoms with Gasteiger partial charge >= 0.3 is 0 Å². The molecule has 3 aromatic carbocycles. The highest BCUT2D eigenvalue weighted by molar-refractivity contribution is 7.92. The van der Waals surface area contributed by atoms with Crippen LogP contribution in [0.25, 0.3) is 10.2 Å². The van der Waals surface area contributed by atoms with Crippen LogP contribution in [0.3, 0.4) is 0 Å². The number of carbonyl (C=O) groups excluding carboxylic acids is 1. The molecule has 7 nitrogen and oxygen atoms in total. The molecule has 0 radical (unpaired) electrons. The van der Waals surface area contributed by atoms with Gasteiger partial charge in [0.15, 0.2) is 5.13 Å². The van der Waals surface area contributed by atoms with Crippen molar-refractivity contribution in [2.75, 3.05) is 43.4 Å². The number of fused-ring (bicyclic) bond motifs is 1. The van der Waals surface area contributed by atoms with Crippen molar-refractivity contribution in [3.05, 3.63) is 83.4 Å². The van der Waals surface area contributed by atoms with E-state index in [1.807, 2.05) is 38.1 Å². The summed E-state index contributed by atoms with van der Waals surface area (Å²) < 4.78 is 28.5. The molecule has 0 spiro atoms. The van der Waals surface area contributed by atoms with E-state index in [-0.39, 0.29) is 10.8 Å². The molecule has 1 heterocycles. The molecule has 0 N–H and O–H groups in total. The normalized spacial score (nSPS) is 11.7. The summed E-state index contributed by atoms with van der Waals surface area (Å²) in [5, 5.41) is 0.627. The van der Waals surface area contributed by atoms with Crippen LogP contribution in [0.5, 0.6) is 0 Å². The summed E-state index contributed by atoms with van der Waals surface area (Å²) in [6.07, 6.45) is 0. The van der Waals surface area contributed by atoms with Gasteiger partial charge in [-0.15, -0.1) is 0 Å². The van der Waals surface area contributed by atoms with Gasteiger partial charge in [0.25, 0.3) is 15.9 Å². The monoisotopic (exact) mass is 522 g/mol. The van der Waals surface area contributed by atoms with E-state index in [0.717, 1.165) is 15.8 Å². The van der Waals surface area contributed by atoms with E-state index in [1.165, 1.54) is 40.4 Å². The first-order valence-corrected chi connectivity index (χ1v) is 13.8. The number of amides is 1. The summed E-state index contributed by atoms with van der Waals surface area (Å²) in [6, 6.07) is 19.1. The lowest BCUT2D eigenvalue weighted by Crippen LogP contribution is -2.36. The van der Waals surface area contributed by atoms with E-state index >= 15 is 0 Å². The van der Waals surface area contributed by atoms with E-state index < -0.39 is 10.0 Å². The van der Waals surface area contributed by atoms with Crippen molar-refractivity contribution < 1.29 is 13.2 Å². The van der Waals surface area contributed by atoms with Crippen LogP contribution >= 0.6 is 11.3 Å². The summed E-state index contributed by atoms with van der Waals surface area (Å²) in [4.78, 5) is 22.2. The van der Waals surface area contributed by atoms with Crippen LogP contribution in [0.4, 0.5) is 10.8 Å². The molecule has 4 rings (SSSR count). The van der Waals surface area contributed by atoms with Crippen molar-refractivity contribution in [2.24, 2.45) is 0 Å². The Morgan fingerprint density at radius 2 is 1.53 bits per heavy atom. The Labute approximate surface area is 216 Å². The smallest absolute Gasteiger partial charge is 0.264 e. The molecule has 1 aromatic heterocycles. The molecule has 0 saturated carbocycles. The number of para-hydroxylation sites is 1. The summed E-state index contributed by atoms with van der Waals surface area (Å²) in [5.74, 6) is -0.218. The molecule has 0 saturated heterocycles. The molecule has 0 aliphatic rings. The molecule has 0 aliphatic carbocycles. The van der Waals surface area contributed by atoms with Crippen LogP contribution in [0.15, 0.2) is 71.6 Å². The molecular formula is C27H30N4O3S2. The quantitative estimate of drug-likeness (QED) is 0.328. The Hall–Kier alpha value is -3.27. The lowest BCUT2D eigenvalue weighted by atomic mass is 10.1. The summed E-state index contributed by atoms with van der Waals surface area (Å²) in [6.45, 7) is 5.23. The minimum Gasteiger partial charge on any atom is -0.308 e. The number of nitrogens with zero attached hydrogens (tertiary/aromatic N) is 4. The molecule has 0 aliphatic heterocycles. The third-order valence-electron chi connectivity index (χ3n) is 6.12.